The molecule has 1 aliphatic rings. The number of para-hydroxylation sites is 1. The fourth-order valence-electron chi connectivity index (χ4n) is 3.58. The number of carbonyl (C=O) groups is 1. The largest absolute Gasteiger partial charge is 0.497 e. The monoisotopic (exact) mass is 331 g/mol. The topological polar surface area (TPSA) is 29.5 Å². The third-order valence-electron chi connectivity index (χ3n) is 5.10. The first-order chi connectivity index (χ1) is 12.2. The number of amides is 1. The van der Waals surface area contributed by atoms with Gasteiger partial charge in [-0.2, -0.15) is 0 Å². The summed E-state index contributed by atoms with van der Waals surface area (Å²) in [6, 6.07) is 20.4. The lowest BCUT2D eigenvalue weighted by Gasteiger charge is -2.22. The van der Waals surface area contributed by atoms with Crippen LogP contribution in [0.4, 0.5) is 5.69 Å². The zero-order chi connectivity index (χ0) is 17.4. The Morgan fingerprint density at radius 2 is 1.80 bits per heavy atom. The smallest absolute Gasteiger partial charge is 0.234 e. The summed E-state index contributed by atoms with van der Waals surface area (Å²) < 4.78 is 5.28. The van der Waals surface area contributed by atoms with E-state index in [4.69, 9.17) is 4.74 Å². The fraction of sp³-hybridized carbons (Fsp3) is 0.227. The van der Waals surface area contributed by atoms with Crippen LogP contribution < -0.4 is 9.64 Å². The summed E-state index contributed by atoms with van der Waals surface area (Å²) in [5.41, 5.74) is 3.37. The van der Waals surface area contributed by atoms with Gasteiger partial charge in [-0.15, -0.1) is 0 Å². The minimum atomic E-state index is -0.169. The van der Waals surface area contributed by atoms with Gasteiger partial charge in [-0.05, 0) is 53.4 Å². The number of methoxy groups -OCH3 is 1. The van der Waals surface area contributed by atoms with Crippen LogP contribution >= 0.6 is 0 Å². The van der Waals surface area contributed by atoms with Gasteiger partial charge in [0.25, 0.3) is 0 Å². The highest BCUT2D eigenvalue weighted by Crippen LogP contribution is 2.32. The van der Waals surface area contributed by atoms with E-state index in [-0.39, 0.29) is 11.8 Å². The molecule has 0 fully saturated rings. The van der Waals surface area contributed by atoms with E-state index in [1.807, 2.05) is 54.3 Å². The number of hydrogen-bond donors (Lipinski definition) is 0. The predicted octanol–water partition coefficient (Wildman–Crippen LogP) is 4.54. The molecule has 25 heavy (non-hydrogen) atoms. The van der Waals surface area contributed by atoms with E-state index in [1.54, 1.807) is 7.11 Å². The van der Waals surface area contributed by atoms with E-state index in [0.717, 1.165) is 40.7 Å². The minimum absolute atomic E-state index is 0.165. The van der Waals surface area contributed by atoms with Gasteiger partial charge in [0, 0.05) is 12.2 Å². The van der Waals surface area contributed by atoms with Crippen molar-refractivity contribution in [2.45, 2.75) is 19.3 Å². The van der Waals surface area contributed by atoms with Crippen molar-refractivity contribution in [3.63, 3.8) is 0 Å². The molecule has 1 aliphatic heterocycles. The Bertz CT molecular complexity index is 948. The fourth-order valence-corrected chi connectivity index (χ4v) is 3.58. The molecule has 1 heterocycles. The Kier molecular flexibility index (Phi) is 3.92. The number of nitrogens with zero attached hydrogens (tertiary/aromatic N) is 1. The SMILES string of the molecule is COc1ccc2cc(C(C)C(=O)N3CCc4ccccc43)ccc2c1. The molecule has 3 nitrogen and oxygen atoms in total. The Balaban J connectivity index is 1.63. The lowest BCUT2D eigenvalue weighted by atomic mass is 9.96. The maximum absolute atomic E-state index is 13.1. The summed E-state index contributed by atoms with van der Waals surface area (Å²) in [6.45, 7) is 2.77. The van der Waals surface area contributed by atoms with Crippen LogP contribution in [-0.2, 0) is 11.2 Å². The highest BCUT2D eigenvalue weighted by Gasteiger charge is 2.28. The molecule has 0 aliphatic carbocycles. The number of anilines is 1. The molecule has 3 heteroatoms. The molecule has 0 bridgehead atoms. The molecule has 1 atom stereocenters. The normalized spacial score (nSPS) is 14.4. The van der Waals surface area contributed by atoms with Crippen molar-refractivity contribution in [2.24, 2.45) is 0 Å². The van der Waals surface area contributed by atoms with Crippen molar-refractivity contribution in [3.8, 4) is 5.75 Å². The van der Waals surface area contributed by atoms with Gasteiger partial charge in [-0.3, -0.25) is 4.79 Å². The molecule has 126 valence electrons. The molecule has 0 radical (unpaired) electrons. The second-order valence-electron chi connectivity index (χ2n) is 6.56. The molecular weight excluding hydrogens is 310 g/mol. The third-order valence-corrected chi connectivity index (χ3v) is 5.10. The predicted molar refractivity (Wildman–Crippen MR) is 101 cm³/mol. The molecule has 1 amide bonds. The van der Waals surface area contributed by atoms with Crippen molar-refractivity contribution in [1.82, 2.24) is 0 Å². The first-order valence-corrected chi connectivity index (χ1v) is 8.64. The molecule has 1 unspecified atom stereocenters. The Labute approximate surface area is 147 Å². The summed E-state index contributed by atoms with van der Waals surface area (Å²) in [5.74, 6) is 0.841. The molecule has 3 aromatic carbocycles. The quantitative estimate of drug-likeness (QED) is 0.705. The third kappa shape index (κ3) is 2.76. The second kappa shape index (κ2) is 6.25. The highest BCUT2D eigenvalue weighted by atomic mass is 16.5. The summed E-state index contributed by atoms with van der Waals surface area (Å²) in [4.78, 5) is 15.0. The van der Waals surface area contributed by atoms with Crippen LogP contribution in [0, 0.1) is 0 Å². The lowest BCUT2D eigenvalue weighted by molar-refractivity contribution is -0.119. The van der Waals surface area contributed by atoms with Gasteiger partial charge in [-0.25, -0.2) is 0 Å². The van der Waals surface area contributed by atoms with Crippen LogP contribution in [0.3, 0.4) is 0 Å². The van der Waals surface area contributed by atoms with Gasteiger partial charge in [0.2, 0.25) is 5.91 Å². The summed E-state index contributed by atoms with van der Waals surface area (Å²) in [6.07, 6.45) is 0.937. The standard InChI is InChI=1S/C22H21NO2/c1-15(22(24)23-12-11-16-5-3-4-6-21(16)23)17-7-8-19-14-20(25-2)10-9-18(19)13-17/h3-10,13-15H,11-12H2,1-2H3. The number of rotatable bonds is 3. The number of hydrogen-bond acceptors (Lipinski definition) is 2. The van der Waals surface area contributed by atoms with E-state index in [1.165, 1.54) is 5.56 Å². The Hall–Kier alpha value is -2.81. The summed E-state index contributed by atoms with van der Waals surface area (Å²) in [7, 11) is 1.67. The summed E-state index contributed by atoms with van der Waals surface area (Å²) >= 11 is 0. The highest BCUT2D eigenvalue weighted by molar-refractivity contribution is 6.00. The zero-order valence-electron chi connectivity index (χ0n) is 14.5. The number of benzene rings is 3. The van der Waals surface area contributed by atoms with E-state index in [9.17, 15) is 4.79 Å². The van der Waals surface area contributed by atoms with E-state index >= 15 is 0 Å². The van der Waals surface area contributed by atoms with Crippen LogP contribution in [0.25, 0.3) is 10.8 Å². The van der Waals surface area contributed by atoms with Crippen molar-refractivity contribution in [2.75, 3.05) is 18.6 Å². The van der Waals surface area contributed by atoms with E-state index < -0.39 is 0 Å². The van der Waals surface area contributed by atoms with Gasteiger partial charge >= 0.3 is 0 Å². The van der Waals surface area contributed by atoms with Crippen molar-refractivity contribution in [3.05, 3.63) is 71.8 Å². The van der Waals surface area contributed by atoms with Crippen LogP contribution in [0.15, 0.2) is 60.7 Å². The maximum atomic E-state index is 13.1. The van der Waals surface area contributed by atoms with Gasteiger partial charge in [-0.1, -0.05) is 42.5 Å². The molecule has 4 rings (SSSR count). The van der Waals surface area contributed by atoms with Gasteiger partial charge < -0.3 is 9.64 Å². The molecule has 0 aromatic heterocycles. The number of carbonyl (C=O) groups excluding carboxylic acids is 1. The molecular formula is C22H21NO2. The lowest BCUT2D eigenvalue weighted by Crippen LogP contribution is -2.32. The molecule has 0 spiro atoms. The van der Waals surface area contributed by atoms with Gasteiger partial charge in [0.15, 0.2) is 0 Å². The van der Waals surface area contributed by atoms with Gasteiger partial charge in [0.05, 0.1) is 13.0 Å². The number of fused-ring (bicyclic) bond motifs is 2. The van der Waals surface area contributed by atoms with Gasteiger partial charge in [0.1, 0.15) is 5.75 Å². The maximum Gasteiger partial charge on any atom is 0.234 e. The van der Waals surface area contributed by atoms with Crippen LogP contribution in [0.1, 0.15) is 24.0 Å². The zero-order valence-corrected chi connectivity index (χ0v) is 14.5. The Morgan fingerprint density at radius 3 is 2.64 bits per heavy atom. The first kappa shape index (κ1) is 15.7. The van der Waals surface area contributed by atoms with E-state index in [2.05, 4.69) is 18.2 Å². The average Bonchev–Trinajstić information content (AvgIpc) is 3.10. The van der Waals surface area contributed by atoms with Crippen molar-refractivity contribution >= 4 is 22.4 Å². The van der Waals surface area contributed by atoms with E-state index in [0.29, 0.717) is 0 Å². The first-order valence-electron chi connectivity index (χ1n) is 8.64. The molecule has 0 saturated carbocycles. The Morgan fingerprint density at radius 1 is 1.04 bits per heavy atom. The molecule has 0 saturated heterocycles. The van der Waals surface area contributed by atoms with Crippen LogP contribution in [-0.4, -0.2) is 19.6 Å². The average molecular weight is 331 g/mol. The second-order valence-corrected chi connectivity index (χ2v) is 6.56. The summed E-state index contributed by atoms with van der Waals surface area (Å²) in [5, 5.41) is 2.24. The minimum Gasteiger partial charge on any atom is -0.497 e. The van der Waals surface area contributed by atoms with Crippen LogP contribution in [0.2, 0.25) is 0 Å². The van der Waals surface area contributed by atoms with Crippen molar-refractivity contribution < 1.29 is 9.53 Å². The molecule has 3 aromatic rings. The van der Waals surface area contributed by atoms with Crippen molar-refractivity contribution in [1.29, 1.82) is 0 Å². The molecule has 0 N–H and O–H groups in total. The van der Waals surface area contributed by atoms with Crippen LogP contribution in [0.5, 0.6) is 5.75 Å². The number of ether oxygens (including phenoxy) is 1.